The number of rotatable bonds is 5. The molecule has 0 aliphatic rings. The highest BCUT2D eigenvalue weighted by Gasteiger charge is 2.19. The zero-order chi connectivity index (χ0) is 18.8. The number of amides is 1. The quantitative estimate of drug-likeness (QED) is 0.765. The van der Waals surface area contributed by atoms with Gasteiger partial charge in [0, 0.05) is 19.3 Å². The molecule has 2 aromatic heterocycles. The highest BCUT2D eigenvalue weighted by Crippen LogP contribution is 2.25. The van der Waals surface area contributed by atoms with E-state index < -0.39 is 0 Å². The van der Waals surface area contributed by atoms with Gasteiger partial charge in [0.05, 0.1) is 23.8 Å². The molecule has 0 bridgehead atoms. The van der Waals surface area contributed by atoms with Crippen LogP contribution in [0.4, 0.5) is 0 Å². The van der Waals surface area contributed by atoms with Gasteiger partial charge in [-0.25, -0.2) is 4.98 Å². The van der Waals surface area contributed by atoms with Gasteiger partial charge in [-0.05, 0) is 36.6 Å². The van der Waals surface area contributed by atoms with Gasteiger partial charge in [0.1, 0.15) is 5.75 Å². The Balaban J connectivity index is 1.94. The van der Waals surface area contributed by atoms with Crippen LogP contribution in [0.5, 0.6) is 5.75 Å². The van der Waals surface area contributed by atoms with Crippen molar-refractivity contribution in [3.8, 4) is 5.75 Å². The lowest BCUT2D eigenvalue weighted by atomic mass is 10.0. The molecule has 0 aliphatic heterocycles. The second-order valence-corrected chi connectivity index (χ2v) is 6.69. The molecule has 0 fully saturated rings. The Morgan fingerprint density at radius 3 is 2.77 bits per heavy atom. The number of pyridine rings is 1. The average Bonchev–Trinajstić information content (AvgIpc) is 2.93. The molecule has 6 nitrogen and oxygen atoms in total. The van der Waals surface area contributed by atoms with Crippen molar-refractivity contribution in [2.45, 2.75) is 33.2 Å². The van der Waals surface area contributed by atoms with Crippen molar-refractivity contribution in [2.75, 3.05) is 7.11 Å². The van der Waals surface area contributed by atoms with Crippen LogP contribution in [0.3, 0.4) is 0 Å². The third-order valence-corrected chi connectivity index (χ3v) is 4.41. The lowest BCUT2D eigenvalue weighted by molar-refractivity contribution is 0.0952. The monoisotopic (exact) mass is 352 g/mol. The molecule has 6 heteroatoms. The van der Waals surface area contributed by atoms with Crippen LogP contribution in [0.15, 0.2) is 30.3 Å². The van der Waals surface area contributed by atoms with E-state index in [4.69, 9.17) is 4.74 Å². The first-order valence-corrected chi connectivity index (χ1v) is 8.66. The smallest absolute Gasteiger partial charge is 0.252 e. The van der Waals surface area contributed by atoms with E-state index >= 15 is 0 Å². The fourth-order valence-electron chi connectivity index (χ4n) is 3.00. The predicted octanol–water partition coefficient (Wildman–Crippen LogP) is 3.34. The summed E-state index contributed by atoms with van der Waals surface area (Å²) in [6.45, 7) is 6.46. The molecule has 0 atom stereocenters. The Bertz CT molecular complexity index is 960. The first-order chi connectivity index (χ1) is 12.4. The number of fused-ring (bicyclic) bond motifs is 1. The van der Waals surface area contributed by atoms with Crippen LogP contribution in [0.1, 0.15) is 47.1 Å². The minimum Gasteiger partial charge on any atom is -0.497 e. The summed E-state index contributed by atoms with van der Waals surface area (Å²) in [4.78, 5) is 17.6. The highest BCUT2D eigenvalue weighted by molar-refractivity contribution is 6.06. The molecule has 0 radical (unpaired) electrons. The van der Waals surface area contributed by atoms with E-state index in [0.29, 0.717) is 12.1 Å². The van der Waals surface area contributed by atoms with E-state index in [2.05, 4.69) is 29.2 Å². The number of aromatic nitrogens is 3. The lowest BCUT2D eigenvalue weighted by Gasteiger charge is -2.11. The van der Waals surface area contributed by atoms with Crippen molar-refractivity contribution < 1.29 is 9.53 Å². The molecule has 0 spiro atoms. The SMILES string of the molecule is COc1cccc(CNC(=O)c2cc(C(C)C)nc3c2c(C)nn3C)c1. The predicted molar refractivity (Wildman–Crippen MR) is 101 cm³/mol. The zero-order valence-corrected chi connectivity index (χ0v) is 15.8. The number of hydrogen-bond acceptors (Lipinski definition) is 4. The van der Waals surface area contributed by atoms with Crippen molar-refractivity contribution in [1.82, 2.24) is 20.1 Å². The third kappa shape index (κ3) is 3.40. The van der Waals surface area contributed by atoms with Crippen LogP contribution in [-0.4, -0.2) is 27.8 Å². The van der Waals surface area contributed by atoms with Crippen LogP contribution in [0, 0.1) is 6.92 Å². The maximum Gasteiger partial charge on any atom is 0.252 e. The number of ether oxygens (including phenoxy) is 1. The summed E-state index contributed by atoms with van der Waals surface area (Å²) in [7, 11) is 3.48. The number of methoxy groups -OCH3 is 1. The van der Waals surface area contributed by atoms with Gasteiger partial charge in [-0.15, -0.1) is 0 Å². The van der Waals surface area contributed by atoms with Crippen molar-refractivity contribution in [1.29, 1.82) is 0 Å². The summed E-state index contributed by atoms with van der Waals surface area (Å²) in [6.07, 6.45) is 0. The van der Waals surface area contributed by atoms with Crippen LogP contribution >= 0.6 is 0 Å². The standard InChI is InChI=1S/C20H24N4O2/c1-12(2)17-10-16(18-13(3)23-24(4)19(18)22-17)20(25)21-11-14-7-6-8-15(9-14)26-5/h6-10,12H,11H2,1-5H3,(H,21,25). The molecule has 3 aromatic rings. The average molecular weight is 352 g/mol. The van der Waals surface area contributed by atoms with E-state index in [1.165, 1.54) is 0 Å². The van der Waals surface area contributed by atoms with Crippen molar-refractivity contribution in [3.63, 3.8) is 0 Å². The molecular formula is C20H24N4O2. The topological polar surface area (TPSA) is 69.0 Å². The summed E-state index contributed by atoms with van der Waals surface area (Å²) < 4.78 is 6.96. The molecule has 0 aliphatic carbocycles. The fraction of sp³-hybridized carbons (Fsp3) is 0.350. The second-order valence-electron chi connectivity index (χ2n) is 6.69. The van der Waals surface area contributed by atoms with Gasteiger partial charge >= 0.3 is 0 Å². The van der Waals surface area contributed by atoms with Crippen molar-refractivity contribution in [2.24, 2.45) is 7.05 Å². The first kappa shape index (κ1) is 17.9. The van der Waals surface area contributed by atoms with E-state index in [1.807, 2.05) is 44.3 Å². The largest absolute Gasteiger partial charge is 0.497 e. The van der Waals surface area contributed by atoms with Gasteiger partial charge in [0.25, 0.3) is 5.91 Å². The fourth-order valence-corrected chi connectivity index (χ4v) is 3.00. The van der Waals surface area contributed by atoms with Crippen molar-refractivity contribution >= 4 is 16.9 Å². The van der Waals surface area contributed by atoms with Gasteiger partial charge in [0.2, 0.25) is 0 Å². The second kappa shape index (κ2) is 7.15. The van der Waals surface area contributed by atoms with Gasteiger partial charge in [-0.2, -0.15) is 5.10 Å². The summed E-state index contributed by atoms with van der Waals surface area (Å²) in [5.41, 5.74) is 4.02. The normalized spacial score (nSPS) is 11.2. The first-order valence-electron chi connectivity index (χ1n) is 8.66. The molecular weight excluding hydrogens is 328 g/mol. The van der Waals surface area contributed by atoms with Crippen LogP contribution in [0.25, 0.3) is 11.0 Å². The van der Waals surface area contributed by atoms with E-state index in [9.17, 15) is 4.79 Å². The number of nitrogens with zero attached hydrogens (tertiary/aromatic N) is 3. The van der Waals surface area contributed by atoms with Crippen molar-refractivity contribution in [3.05, 3.63) is 52.8 Å². The van der Waals surface area contributed by atoms with E-state index in [0.717, 1.165) is 33.7 Å². The molecule has 0 saturated carbocycles. The Kier molecular flexibility index (Phi) is 4.93. The van der Waals surface area contributed by atoms with Crippen LogP contribution in [0.2, 0.25) is 0 Å². The Hall–Kier alpha value is -2.89. The van der Waals surface area contributed by atoms with Gasteiger partial charge in [0.15, 0.2) is 5.65 Å². The molecule has 1 amide bonds. The number of hydrogen-bond donors (Lipinski definition) is 1. The molecule has 2 heterocycles. The maximum atomic E-state index is 12.9. The summed E-state index contributed by atoms with van der Waals surface area (Å²) in [6, 6.07) is 9.54. The minimum atomic E-state index is -0.127. The Morgan fingerprint density at radius 2 is 2.08 bits per heavy atom. The highest BCUT2D eigenvalue weighted by atomic mass is 16.5. The molecule has 1 aromatic carbocycles. The number of benzene rings is 1. The minimum absolute atomic E-state index is 0.127. The Labute approximate surface area is 153 Å². The molecule has 136 valence electrons. The molecule has 3 rings (SSSR count). The van der Waals surface area contributed by atoms with E-state index in [-0.39, 0.29) is 11.8 Å². The van der Waals surface area contributed by atoms with Crippen LogP contribution < -0.4 is 10.1 Å². The number of carbonyl (C=O) groups excluding carboxylic acids is 1. The van der Waals surface area contributed by atoms with E-state index in [1.54, 1.807) is 11.8 Å². The van der Waals surface area contributed by atoms with Gasteiger partial charge < -0.3 is 10.1 Å². The molecule has 26 heavy (non-hydrogen) atoms. The number of nitrogens with one attached hydrogen (secondary N) is 1. The Morgan fingerprint density at radius 1 is 1.31 bits per heavy atom. The lowest BCUT2D eigenvalue weighted by Crippen LogP contribution is -2.23. The van der Waals surface area contributed by atoms with Gasteiger partial charge in [-0.3, -0.25) is 9.48 Å². The maximum absolute atomic E-state index is 12.9. The molecule has 0 saturated heterocycles. The molecule has 1 N–H and O–H groups in total. The third-order valence-electron chi connectivity index (χ3n) is 4.41. The zero-order valence-electron chi connectivity index (χ0n) is 15.8. The number of aryl methyl sites for hydroxylation is 2. The summed E-state index contributed by atoms with van der Waals surface area (Å²) in [5, 5.41) is 8.24. The number of carbonyl (C=O) groups is 1. The summed E-state index contributed by atoms with van der Waals surface area (Å²) >= 11 is 0. The van der Waals surface area contributed by atoms with Gasteiger partial charge in [-0.1, -0.05) is 26.0 Å². The molecule has 0 unspecified atom stereocenters. The summed E-state index contributed by atoms with van der Waals surface area (Å²) in [5.74, 6) is 0.867. The van der Waals surface area contributed by atoms with Crippen LogP contribution in [-0.2, 0) is 13.6 Å².